The summed E-state index contributed by atoms with van der Waals surface area (Å²) >= 11 is 0. The zero-order chi connectivity index (χ0) is 28.5. The summed E-state index contributed by atoms with van der Waals surface area (Å²) in [6, 6.07) is -1.60. The highest BCUT2D eigenvalue weighted by Crippen LogP contribution is 2.64. The van der Waals surface area contributed by atoms with Gasteiger partial charge >= 0.3 is 0 Å². The Bertz CT molecular complexity index is 1320. The zero-order valence-corrected chi connectivity index (χ0v) is 13.0. The largest absolute Gasteiger partial charge is 0.504 e. The Balaban J connectivity index is 1.95. The third-order valence-electron chi connectivity index (χ3n) is 5.52. The maximum Gasteiger partial charge on any atom is 0.211 e. The van der Waals surface area contributed by atoms with Crippen molar-refractivity contribution in [3.63, 3.8) is 0 Å². The van der Waals surface area contributed by atoms with E-state index >= 15 is 0 Å². The van der Waals surface area contributed by atoms with Gasteiger partial charge in [-0.25, -0.2) is 0 Å². The number of likely N-dealkylation sites (tertiary alicyclic amines) is 1. The molecule has 2 bridgehead atoms. The molecular weight excluding hydrogens is 318 g/mol. The number of hydrogen-bond acceptors (Lipinski definition) is 5. The topological polar surface area (TPSA) is 70.0 Å². The second-order valence-corrected chi connectivity index (χ2v) is 7.04. The number of nitrogens with zero attached hydrogens (tertiary/aromatic N) is 1. The van der Waals surface area contributed by atoms with Crippen molar-refractivity contribution >= 4 is 5.78 Å². The molecule has 4 atom stereocenters. The number of piperidine rings is 1. The van der Waals surface area contributed by atoms with Crippen LogP contribution in [0.1, 0.15) is 59.5 Å². The van der Waals surface area contributed by atoms with E-state index in [4.69, 9.17) is 22.2 Å². The number of ether oxygens (including phenoxy) is 1. The fraction of sp³-hybridized carbons (Fsp3) is 0.650. The van der Waals surface area contributed by atoms with Gasteiger partial charge in [-0.1, -0.05) is 6.07 Å². The van der Waals surface area contributed by atoms with Crippen molar-refractivity contribution in [3.8, 4) is 11.5 Å². The number of hydrogen-bond donors (Lipinski definition) is 2. The number of aromatic hydroxyl groups is 1. The van der Waals surface area contributed by atoms with E-state index in [2.05, 4.69) is 0 Å². The minimum absolute atomic E-state index is 0.346. The summed E-state index contributed by atoms with van der Waals surface area (Å²) in [5.41, 5.74) is -8.62. The minimum atomic E-state index is -3.90. The van der Waals surface area contributed by atoms with E-state index in [1.807, 2.05) is 0 Å². The number of carbonyl (C=O) groups excluding carboxylic acids is 1. The number of benzene rings is 1. The summed E-state index contributed by atoms with van der Waals surface area (Å²) in [6.07, 6.45) is -17.2. The zero-order valence-electron chi connectivity index (χ0n) is 26.0. The van der Waals surface area contributed by atoms with Crippen molar-refractivity contribution < 1.29 is 36.2 Å². The highest BCUT2D eigenvalue weighted by molar-refractivity contribution is 5.90. The second kappa shape index (κ2) is 4.38. The van der Waals surface area contributed by atoms with Crippen LogP contribution >= 0.6 is 0 Å². The Kier molecular flexibility index (Phi) is 1.20. The van der Waals surface area contributed by atoms with Crippen LogP contribution in [-0.4, -0.2) is 53.1 Å². The molecule has 5 heteroatoms. The first-order chi connectivity index (χ1) is 17.2. The summed E-state index contributed by atoms with van der Waals surface area (Å²) in [6.45, 7) is -3.89. The number of rotatable bonds is 3. The molecule has 0 radical (unpaired) electrons. The van der Waals surface area contributed by atoms with Gasteiger partial charge in [0, 0.05) is 38.2 Å². The lowest BCUT2D eigenvalue weighted by atomic mass is 9.49. The van der Waals surface area contributed by atoms with Crippen molar-refractivity contribution in [1.29, 1.82) is 1.43 Å². The van der Waals surface area contributed by atoms with Crippen LogP contribution in [0.3, 0.4) is 0 Å². The molecule has 2 N–H and O–H groups in total. The van der Waals surface area contributed by atoms with Crippen LogP contribution in [0.2, 0.25) is 0 Å². The van der Waals surface area contributed by atoms with E-state index in [-0.39, 0.29) is 5.92 Å². The standard InChI is InChI=1S/C20H23NO4/c22-13-4-3-12-9-15-20(24)6-5-14(23)18-19(20,16(12)17(13)25-18)7-8-21(15)10-11-1-2-11/h3-4,11,15,18,22,24H,1-2,5-10H2/t15-,18+,19+,20-/m1/s1/i5D2,6D2,7D2,8D2,9D2,15D,18D,24D. The van der Waals surface area contributed by atoms with Gasteiger partial charge in [0.05, 0.1) is 13.8 Å². The molecule has 2 heterocycles. The van der Waals surface area contributed by atoms with E-state index in [0.29, 0.717) is 17.7 Å². The van der Waals surface area contributed by atoms with E-state index < -0.39 is 90.1 Å². The number of ketones is 1. The molecule has 5 nitrogen and oxygen atoms in total. The second-order valence-electron chi connectivity index (χ2n) is 7.04. The molecule has 3 aliphatic carbocycles. The molecule has 1 saturated heterocycles. The van der Waals surface area contributed by atoms with Gasteiger partial charge in [-0.3, -0.25) is 9.69 Å². The predicted molar refractivity (Wildman–Crippen MR) is 89.8 cm³/mol. The third kappa shape index (κ3) is 1.56. The van der Waals surface area contributed by atoms with Gasteiger partial charge in [0.1, 0.15) is 0 Å². The Morgan fingerprint density at radius 2 is 2.32 bits per heavy atom. The Labute approximate surface area is 164 Å². The number of phenolic OH excluding ortho intramolecular Hbond substituents is 1. The average molecular weight is 354 g/mol. The van der Waals surface area contributed by atoms with Crippen LogP contribution in [0, 0.1) is 5.92 Å². The number of phenols is 1. The molecule has 25 heavy (non-hydrogen) atoms. The van der Waals surface area contributed by atoms with E-state index in [0.717, 1.165) is 12.1 Å². The van der Waals surface area contributed by atoms with Crippen LogP contribution in [0.4, 0.5) is 0 Å². The molecule has 6 rings (SSSR count). The summed E-state index contributed by atoms with van der Waals surface area (Å²) in [5.74, 6) is -4.02. The Morgan fingerprint density at radius 1 is 1.44 bits per heavy atom. The lowest BCUT2D eigenvalue weighted by Gasteiger charge is -2.62. The van der Waals surface area contributed by atoms with Gasteiger partial charge in [-0.2, -0.15) is 0 Å². The summed E-state index contributed by atoms with van der Waals surface area (Å²) in [4.78, 5) is 14.2. The van der Waals surface area contributed by atoms with Gasteiger partial charge < -0.3 is 15.0 Å². The molecule has 0 unspecified atom stereocenters. The van der Waals surface area contributed by atoms with Crippen molar-refractivity contribution in [2.45, 2.75) is 61.4 Å². The van der Waals surface area contributed by atoms with Crippen LogP contribution in [0.5, 0.6) is 11.5 Å². The summed E-state index contributed by atoms with van der Waals surface area (Å²) in [5, 5.41) is 15.6. The molecular formula is C20H23NO4. The van der Waals surface area contributed by atoms with E-state index in [9.17, 15) is 15.4 Å². The molecule has 1 aromatic carbocycles. The molecule has 3 fully saturated rings. The van der Waals surface area contributed by atoms with Crippen molar-refractivity contribution in [3.05, 3.63) is 23.3 Å². The van der Waals surface area contributed by atoms with Crippen LogP contribution in [-0.2, 0) is 16.6 Å². The van der Waals surface area contributed by atoms with Gasteiger partial charge in [-0.05, 0) is 56.0 Å². The maximum atomic E-state index is 13.7. The highest BCUT2D eigenvalue weighted by atomic mass is 16.5. The Hall–Kier alpha value is -1.59. The number of carbonyl (C=O) groups is 1. The van der Waals surface area contributed by atoms with Gasteiger partial charge in [-0.15, -0.1) is 0 Å². The van der Waals surface area contributed by atoms with Gasteiger partial charge in [0.2, 0.25) is 1.43 Å². The quantitative estimate of drug-likeness (QED) is 0.861. The molecule has 1 spiro atoms. The Morgan fingerprint density at radius 3 is 3.12 bits per heavy atom. The number of Topliss-reactive ketones (excluding diaryl/α,β-unsaturated/α-hetero) is 1. The molecule has 0 amide bonds. The smallest absolute Gasteiger partial charge is 0.211 e. The summed E-state index contributed by atoms with van der Waals surface area (Å²) < 4.78 is 122. The lowest BCUT2D eigenvalue weighted by molar-refractivity contribution is -0.188. The SMILES string of the molecule is [2H]O[C@@]12C([2H])([2H])C([2H])([2H])C(=O)[C@]3([2H])Oc4c(O)ccc5c4[C@]13C([2H])([2H])C([2H])([2H])N(CC1CC1)[C@]2([2H])C5([2H])[2H]. The van der Waals surface area contributed by atoms with Crippen molar-refractivity contribution in [1.82, 2.24) is 4.90 Å². The molecule has 1 aromatic rings. The normalized spacial score (nSPS) is 65.0. The molecule has 2 saturated carbocycles. The minimum Gasteiger partial charge on any atom is -0.504 e. The first-order valence-electron chi connectivity index (χ1n) is 14.6. The monoisotopic (exact) mass is 354 g/mol. The first-order valence-corrected chi connectivity index (χ1v) is 8.19. The summed E-state index contributed by atoms with van der Waals surface area (Å²) in [7, 11) is 0. The molecule has 5 aliphatic rings. The van der Waals surface area contributed by atoms with Crippen molar-refractivity contribution in [2.75, 3.05) is 13.0 Å². The third-order valence-corrected chi connectivity index (χ3v) is 5.52. The lowest BCUT2D eigenvalue weighted by Crippen LogP contribution is -2.76. The van der Waals surface area contributed by atoms with Crippen LogP contribution in [0.15, 0.2) is 12.1 Å². The van der Waals surface area contributed by atoms with Gasteiger partial charge in [0.25, 0.3) is 0 Å². The first kappa shape index (κ1) is 6.86. The number of aliphatic hydroxyl groups is 1. The fourth-order valence-electron chi connectivity index (χ4n) is 4.11. The highest BCUT2D eigenvalue weighted by Gasteiger charge is 2.73. The van der Waals surface area contributed by atoms with Crippen molar-refractivity contribution in [2.24, 2.45) is 5.92 Å². The maximum absolute atomic E-state index is 13.7. The van der Waals surface area contributed by atoms with Crippen LogP contribution in [0.25, 0.3) is 0 Å². The molecule has 2 aliphatic heterocycles. The predicted octanol–water partition coefficient (Wildman–Crippen LogP) is 1.53. The molecule has 132 valence electrons. The van der Waals surface area contributed by atoms with E-state index in [1.54, 1.807) is 0 Å². The average Bonchev–Trinajstić information content (AvgIpc) is 3.58. The van der Waals surface area contributed by atoms with Gasteiger partial charge in [0.15, 0.2) is 23.4 Å². The molecule has 0 aromatic heterocycles. The van der Waals surface area contributed by atoms with E-state index in [1.165, 1.54) is 0 Å². The van der Waals surface area contributed by atoms with Crippen LogP contribution < -0.4 is 4.74 Å². The fourth-order valence-corrected chi connectivity index (χ4v) is 4.11.